The van der Waals surface area contributed by atoms with Gasteiger partial charge in [0.15, 0.2) is 0 Å². The summed E-state index contributed by atoms with van der Waals surface area (Å²) < 4.78 is 1.14. The van der Waals surface area contributed by atoms with Crippen molar-refractivity contribution >= 4 is 38.6 Å². The highest BCUT2D eigenvalue weighted by atomic mass is 32.1. The first-order valence-corrected chi connectivity index (χ1v) is 7.62. The highest BCUT2D eigenvalue weighted by Crippen LogP contribution is 2.42. The van der Waals surface area contributed by atoms with E-state index >= 15 is 0 Å². The first-order valence-electron chi connectivity index (χ1n) is 6.74. The Balaban J connectivity index is 1.93. The van der Waals surface area contributed by atoms with Gasteiger partial charge in [0.2, 0.25) is 0 Å². The van der Waals surface area contributed by atoms with E-state index < -0.39 is 0 Å². The second kappa shape index (κ2) is 4.21. The van der Waals surface area contributed by atoms with E-state index in [4.69, 9.17) is 5.73 Å². The number of rotatable bonds is 1. The molecule has 0 spiro atoms. The van der Waals surface area contributed by atoms with E-state index in [0.717, 1.165) is 28.0 Å². The largest absolute Gasteiger partial charge is 0.395 e. The van der Waals surface area contributed by atoms with Crippen LogP contribution in [0.25, 0.3) is 10.2 Å². The van der Waals surface area contributed by atoms with Crippen LogP contribution in [0.3, 0.4) is 0 Å². The molecule has 3 nitrogen and oxygen atoms in total. The number of hydrogen-bond donors (Lipinski definition) is 1. The number of nitrogens with zero attached hydrogens (tertiary/aromatic N) is 2. The van der Waals surface area contributed by atoms with E-state index in [1.165, 1.54) is 11.3 Å². The van der Waals surface area contributed by atoms with Crippen molar-refractivity contribution in [1.82, 2.24) is 4.98 Å². The van der Waals surface area contributed by atoms with Gasteiger partial charge in [-0.1, -0.05) is 18.2 Å². The summed E-state index contributed by atoms with van der Waals surface area (Å²) in [4.78, 5) is 6.73. The van der Waals surface area contributed by atoms with Gasteiger partial charge in [0.1, 0.15) is 5.52 Å². The summed E-state index contributed by atoms with van der Waals surface area (Å²) >= 11 is 1.63. The predicted octanol–water partition coefficient (Wildman–Crippen LogP) is 3.96. The van der Waals surface area contributed by atoms with Crippen molar-refractivity contribution in [1.29, 1.82) is 0 Å². The summed E-state index contributed by atoms with van der Waals surface area (Å²) in [5.74, 6) is 0. The molecule has 20 heavy (non-hydrogen) atoms. The molecule has 0 saturated carbocycles. The quantitative estimate of drug-likeness (QED) is 0.686. The van der Waals surface area contributed by atoms with E-state index in [1.807, 2.05) is 5.51 Å². The van der Waals surface area contributed by atoms with Crippen LogP contribution in [0, 0.1) is 0 Å². The van der Waals surface area contributed by atoms with Gasteiger partial charge in [-0.2, -0.15) is 0 Å². The van der Waals surface area contributed by atoms with Crippen LogP contribution >= 0.6 is 11.3 Å². The number of fused-ring (bicyclic) bond motifs is 2. The fourth-order valence-corrected chi connectivity index (χ4v) is 3.78. The molecule has 0 bridgehead atoms. The molecule has 0 radical (unpaired) electrons. The number of anilines is 3. The van der Waals surface area contributed by atoms with Gasteiger partial charge in [0, 0.05) is 11.7 Å². The molecule has 100 valence electrons. The molecular weight excluding hydrogens is 266 g/mol. The summed E-state index contributed by atoms with van der Waals surface area (Å²) in [5.41, 5.74) is 13.6. The number of nitrogens with two attached hydrogens (primary N) is 1. The first kappa shape index (κ1) is 11.7. The fourth-order valence-electron chi connectivity index (χ4n) is 3.08. The first-order chi connectivity index (χ1) is 9.75. The Hall–Kier alpha value is -2.07. The molecule has 4 rings (SSSR count). The lowest BCUT2D eigenvalue weighted by atomic mass is 10.1. The molecule has 1 aliphatic heterocycles. The summed E-state index contributed by atoms with van der Waals surface area (Å²) in [6.45, 7) is 2.24. The van der Waals surface area contributed by atoms with E-state index in [0.29, 0.717) is 6.04 Å². The minimum Gasteiger partial charge on any atom is -0.395 e. The molecule has 1 atom stereocenters. The standard InChI is InChI=1S/C16H15N3S/c1-10-8-11-4-2-3-5-12(11)19(10)13-6-7-14-16(15(13)17)18-9-20-14/h2-7,9-10H,8,17H2,1H3. The Bertz CT molecular complexity index is 793. The van der Waals surface area contributed by atoms with Crippen LogP contribution in [0.2, 0.25) is 0 Å². The lowest BCUT2D eigenvalue weighted by Crippen LogP contribution is -2.24. The van der Waals surface area contributed by atoms with Crippen LogP contribution in [0.4, 0.5) is 17.1 Å². The van der Waals surface area contributed by atoms with Crippen molar-refractivity contribution in [3.05, 3.63) is 47.5 Å². The Morgan fingerprint density at radius 2 is 2.05 bits per heavy atom. The Morgan fingerprint density at radius 3 is 2.95 bits per heavy atom. The van der Waals surface area contributed by atoms with Crippen LogP contribution in [-0.2, 0) is 6.42 Å². The highest BCUT2D eigenvalue weighted by molar-refractivity contribution is 7.16. The van der Waals surface area contributed by atoms with Crippen molar-refractivity contribution in [2.75, 3.05) is 10.6 Å². The average Bonchev–Trinajstić information content (AvgIpc) is 3.04. The third-order valence-corrected chi connectivity index (χ3v) is 4.78. The summed E-state index contributed by atoms with van der Waals surface area (Å²) in [7, 11) is 0. The predicted molar refractivity (Wildman–Crippen MR) is 85.8 cm³/mol. The van der Waals surface area contributed by atoms with Crippen molar-refractivity contribution in [3.63, 3.8) is 0 Å². The minimum atomic E-state index is 0.422. The Kier molecular flexibility index (Phi) is 2.47. The van der Waals surface area contributed by atoms with Gasteiger partial charge in [-0.05, 0) is 37.1 Å². The number of nitrogen functional groups attached to an aromatic ring is 1. The maximum atomic E-state index is 6.37. The lowest BCUT2D eigenvalue weighted by molar-refractivity contribution is 0.760. The highest BCUT2D eigenvalue weighted by Gasteiger charge is 2.28. The molecule has 0 saturated heterocycles. The van der Waals surface area contributed by atoms with E-state index in [-0.39, 0.29) is 0 Å². The summed E-state index contributed by atoms with van der Waals surface area (Å²) in [6.07, 6.45) is 1.06. The maximum Gasteiger partial charge on any atom is 0.106 e. The summed E-state index contributed by atoms with van der Waals surface area (Å²) in [6, 6.07) is 13.2. The topological polar surface area (TPSA) is 42.2 Å². The number of thiazole rings is 1. The van der Waals surface area contributed by atoms with Crippen LogP contribution < -0.4 is 10.6 Å². The number of benzene rings is 2. The van der Waals surface area contributed by atoms with E-state index in [9.17, 15) is 0 Å². The smallest absolute Gasteiger partial charge is 0.106 e. The second-order valence-corrected chi connectivity index (χ2v) is 6.14. The van der Waals surface area contributed by atoms with Crippen LogP contribution in [0.1, 0.15) is 12.5 Å². The lowest BCUT2D eigenvalue weighted by Gasteiger charge is -2.26. The molecule has 1 unspecified atom stereocenters. The van der Waals surface area contributed by atoms with Gasteiger partial charge in [-0.15, -0.1) is 11.3 Å². The second-order valence-electron chi connectivity index (χ2n) is 5.25. The zero-order valence-corrected chi connectivity index (χ0v) is 12.0. The van der Waals surface area contributed by atoms with Crippen LogP contribution in [0.5, 0.6) is 0 Å². The van der Waals surface area contributed by atoms with Gasteiger partial charge in [0.05, 0.1) is 21.6 Å². The zero-order chi connectivity index (χ0) is 13.7. The van der Waals surface area contributed by atoms with Crippen LogP contribution in [0.15, 0.2) is 41.9 Å². The average molecular weight is 281 g/mol. The van der Waals surface area contributed by atoms with Crippen molar-refractivity contribution in [2.45, 2.75) is 19.4 Å². The Labute approximate surface area is 121 Å². The molecule has 1 aliphatic rings. The molecule has 2 N–H and O–H groups in total. The molecule has 1 aromatic heterocycles. The van der Waals surface area contributed by atoms with Crippen molar-refractivity contribution in [2.24, 2.45) is 0 Å². The molecule has 0 fully saturated rings. The summed E-state index contributed by atoms with van der Waals surface area (Å²) in [5, 5.41) is 0. The maximum absolute atomic E-state index is 6.37. The molecule has 3 aromatic rings. The molecule has 2 heterocycles. The normalized spacial score (nSPS) is 17.6. The molecule has 2 aromatic carbocycles. The molecule has 4 heteroatoms. The van der Waals surface area contributed by atoms with Crippen molar-refractivity contribution < 1.29 is 0 Å². The van der Waals surface area contributed by atoms with Gasteiger partial charge in [-0.25, -0.2) is 4.98 Å². The van der Waals surface area contributed by atoms with Crippen LogP contribution in [-0.4, -0.2) is 11.0 Å². The van der Waals surface area contributed by atoms with Gasteiger partial charge >= 0.3 is 0 Å². The van der Waals surface area contributed by atoms with Crippen molar-refractivity contribution in [3.8, 4) is 0 Å². The van der Waals surface area contributed by atoms with Gasteiger partial charge in [-0.3, -0.25) is 0 Å². The van der Waals surface area contributed by atoms with E-state index in [1.54, 1.807) is 11.3 Å². The molecule has 0 amide bonds. The SMILES string of the molecule is CC1Cc2ccccc2N1c1ccc2scnc2c1N. The fraction of sp³-hybridized carbons (Fsp3) is 0.188. The van der Waals surface area contributed by atoms with E-state index in [2.05, 4.69) is 53.2 Å². The Morgan fingerprint density at radius 1 is 1.20 bits per heavy atom. The van der Waals surface area contributed by atoms with Gasteiger partial charge < -0.3 is 10.6 Å². The minimum absolute atomic E-state index is 0.422. The molecular formula is C16H15N3S. The van der Waals surface area contributed by atoms with Gasteiger partial charge in [0.25, 0.3) is 0 Å². The number of hydrogen-bond acceptors (Lipinski definition) is 4. The monoisotopic (exact) mass is 281 g/mol. The zero-order valence-electron chi connectivity index (χ0n) is 11.2. The third kappa shape index (κ3) is 1.55. The number of para-hydroxylation sites is 1. The third-order valence-electron chi connectivity index (χ3n) is 3.99. The number of aromatic nitrogens is 1. The molecule has 0 aliphatic carbocycles.